The Morgan fingerprint density at radius 1 is 1.06 bits per heavy atom. The van der Waals surface area contributed by atoms with Crippen molar-refractivity contribution >= 4 is 23.6 Å². The molecule has 0 bridgehead atoms. The van der Waals surface area contributed by atoms with Gasteiger partial charge in [-0.2, -0.15) is 0 Å². The summed E-state index contributed by atoms with van der Waals surface area (Å²) in [4.78, 5) is 17.7. The fourth-order valence-corrected chi connectivity index (χ4v) is 6.15. The molecule has 1 atom stereocenters. The molecular weight excluding hydrogens is 410 g/mol. The molecule has 0 radical (unpaired) electrons. The lowest BCUT2D eigenvalue weighted by Crippen LogP contribution is -2.46. The highest BCUT2D eigenvalue weighted by atomic mass is 32.2. The molecule has 174 valence electrons. The van der Waals surface area contributed by atoms with Crippen LogP contribution in [0.25, 0.3) is 0 Å². The summed E-state index contributed by atoms with van der Waals surface area (Å²) in [5.74, 6) is 1.62. The lowest BCUT2D eigenvalue weighted by atomic mass is 9.93. The number of rotatable bonds is 8. The maximum Gasteiger partial charge on any atom is 0.233 e. The maximum absolute atomic E-state index is 13.2. The van der Waals surface area contributed by atoms with E-state index in [9.17, 15) is 4.79 Å². The molecule has 3 fully saturated rings. The molecule has 1 saturated carbocycles. The number of amides is 1. The zero-order valence-electron chi connectivity index (χ0n) is 19.3. The van der Waals surface area contributed by atoms with Crippen LogP contribution in [-0.2, 0) is 16.1 Å². The third kappa shape index (κ3) is 5.75. The molecule has 1 aromatic rings. The van der Waals surface area contributed by atoms with Gasteiger partial charge >= 0.3 is 0 Å². The van der Waals surface area contributed by atoms with Crippen LogP contribution in [0.4, 0.5) is 5.95 Å². The van der Waals surface area contributed by atoms with E-state index in [0.717, 1.165) is 63.0 Å². The second-order valence-electron chi connectivity index (χ2n) is 9.55. The van der Waals surface area contributed by atoms with Crippen molar-refractivity contribution in [1.29, 1.82) is 0 Å². The van der Waals surface area contributed by atoms with Crippen LogP contribution in [0.1, 0.15) is 78.1 Å². The number of carbonyl (C=O) groups is 1. The number of hydrogen-bond donors (Lipinski definition) is 0. The van der Waals surface area contributed by atoms with Gasteiger partial charge in [-0.1, -0.05) is 31.0 Å². The Labute approximate surface area is 191 Å². The third-order valence-corrected chi connectivity index (χ3v) is 7.84. The van der Waals surface area contributed by atoms with Gasteiger partial charge in [-0.05, 0) is 58.8 Å². The third-order valence-electron chi connectivity index (χ3n) is 6.88. The number of ether oxygens (including phenoxy) is 1. The number of aromatic nitrogens is 3. The van der Waals surface area contributed by atoms with Crippen molar-refractivity contribution < 1.29 is 9.53 Å². The fourth-order valence-electron chi connectivity index (χ4n) is 5.34. The quantitative estimate of drug-likeness (QED) is 0.557. The molecule has 0 aromatic carbocycles. The van der Waals surface area contributed by atoms with Crippen molar-refractivity contribution in [2.45, 2.75) is 108 Å². The summed E-state index contributed by atoms with van der Waals surface area (Å²) in [5, 5.41) is 9.96. The second-order valence-corrected chi connectivity index (χ2v) is 10.5. The monoisotopic (exact) mass is 449 g/mol. The number of carbonyl (C=O) groups excluding carboxylic acids is 1. The summed E-state index contributed by atoms with van der Waals surface area (Å²) in [6.45, 7) is 7.99. The van der Waals surface area contributed by atoms with Crippen LogP contribution in [0.5, 0.6) is 0 Å². The molecule has 7 nitrogen and oxygen atoms in total. The van der Waals surface area contributed by atoms with Gasteiger partial charge in [0.05, 0.1) is 18.4 Å². The summed E-state index contributed by atoms with van der Waals surface area (Å²) < 4.78 is 8.14. The van der Waals surface area contributed by atoms with Gasteiger partial charge in [0.2, 0.25) is 11.9 Å². The molecule has 1 aliphatic carbocycles. The summed E-state index contributed by atoms with van der Waals surface area (Å²) in [7, 11) is 0. The Morgan fingerprint density at radius 2 is 1.81 bits per heavy atom. The highest BCUT2D eigenvalue weighted by Crippen LogP contribution is 2.29. The van der Waals surface area contributed by atoms with Crippen LogP contribution >= 0.6 is 11.8 Å². The number of piperidine rings is 1. The van der Waals surface area contributed by atoms with Gasteiger partial charge in [0.1, 0.15) is 0 Å². The first-order valence-corrected chi connectivity index (χ1v) is 13.4. The lowest BCUT2D eigenvalue weighted by Gasteiger charge is -2.37. The average Bonchev–Trinajstić information content (AvgIpc) is 3.44. The van der Waals surface area contributed by atoms with E-state index in [1.807, 2.05) is 0 Å². The zero-order valence-corrected chi connectivity index (χ0v) is 20.1. The van der Waals surface area contributed by atoms with Crippen LogP contribution in [0.15, 0.2) is 5.16 Å². The van der Waals surface area contributed by atoms with E-state index in [1.165, 1.54) is 38.5 Å². The van der Waals surface area contributed by atoms with Crippen LogP contribution in [0, 0.1) is 0 Å². The minimum atomic E-state index is 0.226. The normalized spacial score (nSPS) is 22.9. The molecule has 8 heteroatoms. The Kier molecular flexibility index (Phi) is 8.15. The molecule has 0 spiro atoms. The predicted molar refractivity (Wildman–Crippen MR) is 125 cm³/mol. The number of hydrogen-bond acceptors (Lipinski definition) is 6. The first kappa shape index (κ1) is 22.9. The first-order valence-electron chi connectivity index (χ1n) is 12.4. The molecule has 0 unspecified atom stereocenters. The minimum Gasteiger partial charge on any atom is -0.376 e. The van der Waals surface area contributed by atoms with Crippen molar-refractivity contribution in [2.24, 2.45) is 0 Å². The van der Waals surface area contributed by atoms with E-state index in [2.05, 4.69) is 38.4 Å². The largest absolute Gasteiger partial charge is 0.376 e. The van der Waals surface area contributed by atoms with E-state index >= 15 is 0 Å². The first-order chi connectivity index (χ1) is 15.1. The van der Waals surface area contributed by atoms with Crippen molar-refractivity contribution in [1.82, 2.24) is 19.7 Å². The molecule has 2 saturated heterocycles. The van der Waals surface area contributed by atoms with Crippen LogP contribution in [-0.4, -0.2) is 69.2 Å². The van der Waals surface area contributed by atoms with E-state index in [0.29, 0.717) is 11.8 Å². The standard InChI is InChI=1S/C23H39N5O2S/c1-18(2)28(19-10-5-3-6-11-19)21(29)17-31-23-25-24-22(26-13-7-4-8-14-26)27(23)16-20-12-9-15-30-20/h18-20H,3-17H2,1-2H3/t20-/m0/s1. The molecule has 3 aliphatic rings. The van der Waals surface area contributed by atoms with E-state index in [4.69, 9.17) is 4.74 Å². The lowest BCUT2D eigenvalue weighted by molar-refractivity contribution is -0.133. The fraction of sp³-hybridized carbons (Fsp3) is 0.870. The van der Waals surface area contributed by atoms with Crippen molar-refractivity contribution in [3.05, 3.63) is 0 Å². The Balaban J connectivity index is 1.46. The minimum absolute atomic E-state index is 0.226. The number of thioether (sulfide) groups is 1. The number of anilines is 1. The van der Waals surface area contributed by atoms with Gasteiger partial charge in [-0.3, -0.25) is 9.36 Å². The van der Waals surface area contributed by atoms with Crippen molar-refractivity contribution in [3.63, 3.8) is 0 Å². The summed E-state index contributed by atoms with van der Waals surface area (Å²) in [5.41, 5.74) is 0. The average molecular weight is 450 g/mol. The van der Waals surface area contributed by atoms with E-state index in [1.54, 1.807) is 11.8 Å². The Bertz CT molecular complexity index is 707. The van der Waals surface area contributed by atoms with Crippen molar-refractivity contribution in [2.75, 3.05) is 30.3 Å². The van der Waals surface area contributed by atoms with Gasteiger partial charge in [0, 0.05) is 31.8 Å². The van der Waals surface area contributed by atoms with Gasteiger partial charge in [-0.15, -0.1) is 10.2 Å². The second kappa shape index (κ2) is 11.0. The maximum atomic E-state index is 13.2. The zero-order chi connectivity index (χ0) is 21.6. The molecule has 3 heterocycles. The Hall–Kier alpha value is -1.28. The van der Waals surface area contributed by atoms with Crippen LogP contribution < -0.4 is 4.90 Å². The Morgan fingerprint density at radius 3 is 2.48 bits per heavy atom. The predicted octanol–water partition coefficient (Wildman–Crippen LogP) is 4.11. The molecule has 0 N–H and O–H groups in total. The summed E-state index contributed by atoms with van der Waals surface area (Å²) in [6.07, 6.45) is 12.2. The van der Waals surface area contributed by atoms with Gasteiger partial charge in [-0.25, -0.2) is 0 Å². The molecule has 2 aliphatic heterocycles. The number of nitrogens with zero attached hydrogens (tertiary/aromatic N) is 5. The molecule has 1 aromatic heterocycles. The SMILES string of the molecule is CC(C)N(C(=O)CSc1nnc(N2CCCCC2)n1C[C@@H]1CCCO1)C1CCCCC1. The van der Waals surface area contributed by atoms with Crippen LogP contribution in [0.2, 0.25) is 0 Å². The molecular formula is C23H39N5O2S. The topological polar surface area (TPSA) is 63.5 Å². The summed E-state index contributed by atoms with van der Waals surface area (Å²) >= 11 is 1.55. The highest BCUT2D eigenvalue weighted by molar-refractivity contribution is 7.99. The van der Waals surface area contributed by atoms with Gasteiger partial charge in [0.25, 0.3) is 0 Å². The van der Waals surface area contributed by atoms with E-state index < -0.39 is 0 Å². The molecule has 1 amide bonds. The van der Waals surface area contributed by atoms with Gasteiger partial charge < -0.3 is 14.5 Å². The smallest absolute Gasteiger partial charge is 0.233 e. The van der Waals surface area contributed by atoms with Gasteiger partial charge in [0.15, 0.2) is 5.16 Å². The van der Waals surface area contributed by atoms with E-state index in [-0.39, 0.29) is 18.1 Å². The molecule has 4 rings (SSSR count). The van der Waals surface area contributed by atoms with Crippen LogP contribution in [0.3, 0.4) is 0 Å². The summed E-state index contributed by atoms with van der Waals surface area (Å²) in [6, 6.07) is 0.639. The highest BCUT2D eigenvalue weighted by Gasteiger charge is 2.29. The molecule has 31 heavy (non-hydrogen) atoms. The van der Waals surface area contributed by atoms with Crippen molar-refractivity contribution in [3.8, 4) is 0 Å².